The maximum absolute atomic E-state index is 4.69. The van der Waals surface area contributed by atoms with E-state index in [0.717, 1.165) is 17.1 Å². The number of hydrogen-bond donors (Lipinski definition) is 0. The summed E-state index contributed by atoms with van der Waals surface area (Å²) in [6.07, 6.45) is 0. The Morgan fingerprint density at radius 1 is 1.00 bits per heavy atom. The van der Waals surface area contributed by atoms with Crippen molar-refractivity contribution in [3.8, 4) is 0 Å². The van der Waals surface area contributed by atoms with E-state index >= 15 is 0 Å². The van der Waals surface area contributed by atoms with Crippen LogP contribution in [-0.2, 0) is 5.41 Å². The molecule has 1 heterocycles. The van der Waals surface area contributed by atoms with Crippen molar-refractivity contribution in [2.75, 3.05) is 11.9 Å². The van der Waals surface area contributed by atoms with Gasteiger partial charge in [0.2, 0.25) is 0 Å². The van der Waals surface area contributed by atoms with Gasteiger partial charge in [0.05, 0.1) is 0 Å². The summed E-state index contributed by atoms with van der Waals surface area (Å²) >= 11 is 0. The van der Waals surface area contributed by atoms with Crippen LogP contribution >= 0.6 is 0 Å². The minimum atomic E-state index is -0.0144. The number of aromatic nitrogens is 2. The van der Waals surface area contributed by atoms with Crippen LogP contribution in [0.25, 0.3) is 0 Å². The second-order valence-electron chi connectivity index (χ2n) is 6.67. The van der Waals surface area contributed by atoms with Gasteiger partial charge in [0, 0.05) is 0 Å². The molecule has 0 N–H and O–H groups in total. The fraction of sp³-hybridized carbons (Fsp3) is 0.769. The van der Waals surface area contributed by atoms with Crippen molar-refractivity contribution >= 4 is 12.6 Å². The number of anilines is 1. The van der Waals surface area contributed by atoms with Crippen LogP contribution in [0.4, 0.5) is 5.71 Å². The number of nitrogens with zero attached hydrogens (tertiary/aromatic N) is 3. The standard InChI is InChI=1S/C13H24BN3/c1-9-14-11(17(8)13(5,6)7)16-10(15-9)12(2,3)4/h1-8H3. The van der Waals surface area contributed by atoms with Gasteiger partial charge in [0.15, 0.2) is 0 Å². The molecule has 0 aliphatic carbocycles. The summed E-state index contributed by atoms with van der Waals surface area (Å²) in [5, 5.41) is 0. The summed E-state index contributed by atoms with van der Waals surface area (Å²) in [5.74, 6) is 0.906. The van der Waals surface area contributed by atoms with Gasteiger partial charge >= 0.3 is 105 Å². The zero-order valence-corrected chi connectivity index (χ0v) is 12.4. The molecule has 1 rings (SSSR count). The van der Waals surface area contributed by atoms with Crippen LogP contribution in [0, 0.1) is 6.92 Å². The molecule has 3 nitrogen and oxygen atoms in total. The second-order valence-corrected chi connectivity index (χ2v) is 6.67. The molecule has 0 atom stereocenters. The van der Waals surface area contributed by atoms with Gasteiger partial charge in [-0.15, -0.1) is 0 Å². The zero-order chi connectivity index (χ0) is 13.4. The van der Waals surface area contributed by atoms with Crippen molar-refractivity contribution in [2.24, 2.45) is 0 Å². The molecule has 1 aromatic rings. The summed E-state index contributed by atoms with van der Waals surface area (Å²) in [7, 11) is 2.08. The van der Waals surface area contributed by atoms with E-state index in [4.69, 9.17) is 0 Å². The molecule has 0 bridgehead atoms. The Morgan fingerprint density at radius 3 is 1.94 bits per heavy atom. The van der Waals surface area contributed by atoms with Crippen molar-refractivity contribution in [3.63, 3.8) is 0 Å². The van der Waals surface area contributed by atoms with Crippen LogP contribution in [-0.4, -0.2) is 29.5 Å². The molecule has 0 amide bonds. The molecule has 0 spiro atoms. The number of hydrogen-bond acceptors (Lipinski definition) is 3. The van der Waals surface area contributed by atoms with Gasteiger partial charge in [-0.25, -0.2) is 0 Å². The first kappa shape index (κ1) is 14.1. The van der Waals surface area contributed by atoms with Gasteiger partial charge in [0.25, 0.3) is 0 Å². The molecule has 0 unspecified atom stereocenters. The van der Waals surface area contributed by atoms with Gasteiger partial charge in [-0.05, 0) is 0 Å². The Morgan fingerprint density at radius 2 is 1.53 bits per heavy atom. The first-order valence-electron chi connectivity index (χ1n) is 6.12. The monoisotopic (exact) mass is 233 g/mol. The quantitative estimate of drug-likeness (QED) is 0.746. The van der Waals surface area contributed by atoms with E-state index in [0.29, 0.717) is 0 Å². The van der Waals surface area contributed by atoms with Crippen molar-refractivity contribution in [1.82, 2.24) is 9.97 Å². The van der Waals surface area contributed by atoms with E-state index in [-0.39, 0.29) is 11.0 Å². The third-order valence-corrected chi connectivity index (χ3v) is 2.86. The van der Waals surface area contributed by atoms with Crippen LogP contribution in [0.5, 0.6) is 0 Å². The molecule has 0 aromatic carbocycles. The molecule has 4 heteroatoms. The van der Waals surface area contributed by atoms with Gasteiger partial charge in [-0.1, -0.05) is 0 Å². The first-order chi connectivity index (χ1) is 7.51. The molecule has 0 aliphatic rings. The summed E-state index contributed by atoms with van der Waals surface area (Å²) in [4.78, 5) is 11.4. The van der Waals surface area contributed by atoms with E-state index in [1.807, 2.05) is 13.8 Å². The Bertz CT molecular complexity index is 402. The zero-order valence-electron chi connectivity index (χ0n) is 12.4. The van der Waals surface area contributed by atoms with E-state index in [1.165, 1.54) is 0 Å². The van der Waals surface area contributed by atoms with Crippen molar-refractivity contribution in [1.29, 1.82) is 0 Å². The molecule has 0 radical (unpaired) electrons. The fourth-order valence-corrected chi connectivity index (χ4v) is 1.40. The molecule has 17 heavy (non-hydrogen) atoms. The van der Waals surface area contributed by atoms with E-state index in [1.54, 1.807) is 0 Å². The molecule has 0 aliphatic heterocycles. The molecule has 0 fully saturated rings. The molecule has 0 saturated carbocycles. The number of rotatable bonds is 1. The fourth-order valence-electron chi connectivity index (χ4n) is 1.40. The minimum absolute atomic E-state index is 0.0144. The Balaban J connectivity index is 3.24. The van der Waals surface area contributed by atoms with Crippen LogP contribution < -0.4 is 4.90 Å². The summed E-state index contributed by atoms with van der Waals surface area (Å²) in [5.41, 5.74) is 2.07. The maximum atomic E-state index is 4.69. The summed E-state index contributed by atoms with van der Waals surface area (Å²) in [6.45, 7) is 17.0. The predicted octanol–water partition coefficient (Wildman–Crippen LogP) is 2.66. The van der Waals surface area contributed by atoms with Gasteiger partial charge in [-0.3, -0.25) is 0 Å². The average molecular weight is 233 g/mol. The van der Waals surface area contributed by atoms with Crippen molar-refractivity contribution in [3.05, 3.63) is 11.4 Å². The average Bonchev–Trinajstić information content (AvgIpc) is 2.12. The molecule has 94 valence electrons. The van der Waals surface area contributed by atoms with Crippen molar-refractivity contribution < 1.29 is 0 Å². The molecular weight excluding hydrogens is 209 g/mol. The third-order valence-electron chi connectivity index (χ3n) is 2.86. The Hall–Kier alpha value is -0.925. The van der Waals surface area contributed by atoms with Crippen LogP contribution in [0.2, 0.25) is 0 Å². The van der Waals surface area contributed by atoms with Gasteiger partial charge in [0.1, 0.15) is 0 Å². The van der Waals surface area contributed by atoms with E-state index in [9.17, 15) is 0 Å². The van der Waals surface area contributed by atoms with Gasteiger partial charge in [-0.2, -0.15) is 0 Å². The SMILES string of the molecule is Cc1bc(N(C)C(C)(C)C)nc(C(C)(C)C)n1. The van der Waals surface area contributed by atoms with E-state index in [2.05, 4.69) is 63.5 Å². The molecule has 0 saturated heterocycles. The normalized spacial score (nSPS) is 12.5. The second kappa shape index (κ2) is 4.39. The third kappa shape index (κ3) is 3.52. The first-order valence-corrected chi connectivity index (χ1v) is 6.12. The molecule has 1 aromatic heterocycles. The Labute approximate surface area is 106 Å². The summed E-state index contributed by atoms with van der Waals surface area (Å²) < 4.78 is 0. The Kier molecular flexibility index (Phi) is 3.65. The van der Waals surface area contributed by atoms with Crippen LogP contribution in [0.15, 0.2) is 0 Å². The topological polar surface area (TPSA) is 29.0 Å². The number of aryl methyl sites for hydroxylation is 1. The van der Waals surface area contributed by atoms with E-state index < -0.39 is 0 Å². The molecular formula is C13H24BN3. The van der Waals surface area contributed by atoms with Crippen LogP contribution in [0.3, 0.4) is 0 Å². The summed E-state index contributed by atoms with van der Waals surface area (Å²) in [6, 6.07) is 0. The van der Waals surface area contributed by atoms with Gasteiger partial charge < -0.3 is 0 Å². The van der Waals surface area contributed by atoms with Crippen molar-refractivity contribution in [2.45, 2.75) is 59.4 Å². The predicted molar refractivity (Wildman–Crippen MR) is 75.0 cm³/mol. The van der Waals surface area contributed by atoms with Crippen LogP contribution in [0.1, 0.15) is 53.0 Å².